The third-order valence-electron chi connectivity index (χ3n) is 4.73. The first kappa shape index (κ1) is 20.3. The molecule has 27 heavy (non-hydrogen) atoms. The summed E-state index contributed by atoms with van der Waals surface area (Å²) in [7, 11) is 2.82. The van der Waals surface area contributed by atoms with E-state index in [1.807, 2.05) is 0 Å². The van der Waals surface area contributed by atoms with Gasteiger partial charge >= 0.3 is 12.0 Å². The number of hydrogen-bond acceptors (Lipinski definition) is 6. The zero-order valence-electron chi connectivity index (χ0n) is 15.5. The number of nitrogens with one attached hydrogen (secondary N) is 1. The number of methoxy groups -OCH3 is 2. The minimum atomic E-state index is -0.945. The number of nitro groups is 1. The molecule has 1 atom stereocenters. The molecule has 1 fully saturated rings. The normalized spacial score (nSPS) is 18.9. The van der Waals surface area contributed by atoms with E-state index in [-0.39, 0.29) is 37.0 Å². The third kappa shape index (κ3) is 4.39. The van der Waals surface area contributed by atoms with E-state index in [1.54, 1.807) is 6.92 Å². The topological polar surface area (TPSA) is 131 Å². The molecule has 0 spiro atoms. The third-order valence-corrected chi connectivity index (χ3v) is 4.73. The lowest BCUT2D eigenvalue weighted by molar-refractivity contribution is -0.385. The van der Waals surface area contributed by atoms with Gasteiger partial charge in [0.2, 0.25) is 0 Å². The molecular weight excluding hydrogens is 358 g/mol. The highest BCUT2D eigenvalue weighted by molar-refractivity contribution is 5.79. The molecule has 1 aromatic carbocycles. The number of likely N-dealkylation sites (tertiary alicyclic amines) is 1. The minimum absolute atomic E-state index is 0.124. The average molecular weight is 381 g/mol. The van der Waals surface area contributed by atoms with Crippen LogP contribution in [-0.2, 0) is 11.2 Å². The number of carboxylic acids is 1. The fraction of sp³-hybridized carbons (Fsp3) is 0.529. The molecule has 0 radical (unpaired) electrons. The number of rotatable bonds is 7. The summed E-state index contributed by atoms with van der Waals surface area (Å²) in [5, 5.41) is 23.2. The van der Waals surface area contributed by atoms with Crippen LogP contribution in [0.4, 0.5) is 10.5 Å². The van der Waals surface area contributed by atoms with E-state index in [4.69, 9.17) is 9.47 Å². The zero-order valence-corrected chi connectivity index (χ0v) is 15.5. The van der Waals surface area contributed by atoms with Crippen LogP contribution in [0.25, 0.3) is 0 Å². The average Bonchev–Trinajstić information content (AvgIpc) is 3.04. The number of nitrogens with zero attached hydrogens (tertiary/aromatic N) is 2. The fourth-order valence-corrected chi connectivity index (χ4v) is 3.01. The summed E-state index contributed by atoms with van der Waals surface area (Å²) in [5.74, 6) is -0.318. The molecule has 1 aromatic rings. The monoisotopic (exact) mass is 381 g/mol. The van der Waals surface area contributed by atoms with Crippen molar-refractivity contribution >= 4 is 17.7 Å². The molecule has 1 aliphatic rings. The summed E-state index contributed by atoms with van der Waals surface area (Å²) in [4.78, 5) is 35.7. The van der Waals surface area contributed by atoms with Gasteiger partial charge in [-0.2, -0.15) is 0 Å². The highest BCUT2D eigenvalue weighted by Gasteiger charge is 2.42. The van der Waals surface area contributed by atoms with E-state index in [0.717, 1.165) is 0 Å². The van der Waals surface area contributed by atoms with Gasteiger partial charge in [0.05, 0.1) is 30.6 Å². The Labute approximate surface area is 156 Å². The predicted molar refractivity (Wildman–Crippen MR) is 95.2 cm³/mol. The second-order valence-corrected chi connectivity index (χ2v) is 6.61. The fourth-order valence-electron chi connectivity index (χ4n) is 3.01. The first-order valence-electron chi connectivity index (χ1n) is 8.37. The lowest BCUT2D eigenvalue weighted by Crippen LogP contribution is -2.41. The lowest BCUT2D eigenvalue weighted by atomic mass is 9.90. The molecule has 10 nitrogen and oxygen atoms in total. The molecule has 1 aliphatic heterocycles. The Bertz CT molecular complexity index is 752. The first-order valence-corrected chi connectivity index (χ1v) is 8.37. The van der Waals surface area contributed by atoms with Gasteiger partial charge in [-0.15, -0.1) is 0 Å². The van der Waals surface area contributed by atoms with Gasteiger partial charge in [0.25, 0.3) is 5.69 Å². The molecule has 0 aromatic heterocycles. The molecule has 1 unspecified atom stereocenters. The molecule has 2 N–H and O–H groups in total. The van der Waals surface area contributed by atoms with Gasteiger partial charge in [0, 0.05) is 25.2 Å². The Kier molecular flexibility index (Phi) is 6.09. The van der Waals surface area contributed by atoms with Crippen LogP contribution in [0.3, 0.4) is 0 Å². The van der Waals surface area contributed by atoms with Crippen molar-refractivity contribution in [3.63, 3.8) is 0 Å². The molecule has 2 rings (SSSR count). The summed E-state index contributed by atoms with van der Waals surface area (Å²) in [6.45, 7) is 2.25. The van der Waals surface area contributed by atoms with Gasteiger partial charge in [0.15, 0.2) is 11.5 Å². The predicted octanol–water partition coefficient (Wildman–Crippen LogP) is 1.66. The SMILES string of the molecule is COc1cc(CCNC(=O)N2CCC(C)(C(=O)O)C2)c([N+](=O)[O-])cc1OC. The van der Waals surface area contributed by atoms with Crippen molar-refractivity contribution in [2.75, 3.05) is 33.9 Å². The zero-order chi connectivity index (χ0) is 20.2. The van der Waals surface area contributed by atoms with Crippen LogP contribution in [0.5, 0.6) is 11.5 Å². The number of amides is 2. The van der Waals surface area contributed by atoms with Crippen LogP contribution < -0.4 is 14.8 Å². The lowest BCUT2D eigenvalue weighted by Gasteiger charge is -2.20. The summed E-state index contributed by atoms with van der Waals surface area (Å²) in [6, 6.07) is 2.41. The highest BCUT2D eigenvalue weighted by Crippen LogP contribution is 2.34. The van der Waals surface area contributed by atoms with Crippen molar-refractivity contribution in [1.29, 1.82) is 0 Å². The summed E-state index contributed by atoms with van der Waals surface area (Å²) in [6.07, 6.45) is 0.601. The van der Waals surface area contributed by atoms with E-state index in [9.17, 15) is 24.8 Å². The van der Waals surface area contributed by atoms with E-state index < -0.39 is 16.3 Å². The number of nitro benzene ring substituents is 1. The second-order valence-electron chi connectivity index (χ2n) is 6.61. The van der Waals surface area contributed by atoms with Crippen LogP contribution in [0.1, 0.15) is 18.9 Å². The minimum Gasteiger partial charge on any atom is -0.493 e. The van der Waals surface area contributed by atoms with E-state index in [0.29, 0.717) is 24.3 Å². The maximum Gasteiger partial charge on any atom is 0.317 e. The number of urea groups is 1. The summed E-state index contributed by atoms with van der Waals surface area (Å²) < 4.78 is 10.2. The second kappa shape index (κ2) is 8.11. The number of carboxylic acid groups (broad SMARTS) is 1. The molecular formula is C17H23N3O7. The van der Waals surface area contributed by atoms with Crippen molar-refractivity contribution in [3.05, 3.63) is 27.8 Å². The Balaban J connectivity index is 2.01. The molecule has 2 amide bonds. The van der Waals surface area contributed by atoms with Crippen LogP contribution in [0.2, 0.25) is 0 Å². The first-order chi connectivity index (χ1) is 12.7. The smallest absolute Gasteiger partial charge is 0.317 e. The van der Waals surface area contributed by atoms with E-state index >= 15 is 0 Å². The van der Waals surface area contributed by atoms with Crippen LogP contribution >= 0.6 is 0 Å². The summed E-state index contributed by atoms with van der Waals surface area (Å²) in [5.41, 5.74) is -0.671. The van der Waals surface area contributed by atoms with E-state index in [2.05, 4.69) is 5.32 Å². The Morgan fingerprint density at radius 3 is 2.48 bits per heavy atom. The number of carbonyl (C=O) groups excluding carboxylic acids is 1. The molecule has 1 heterocycles. The Hall–Kier alpha value is -3.04. The maximum absolute atomic E-state index is 12.2. The molecule has 1 saturated heterocycles. The van der Waals surface area contributed by atoms with Crippen LogP contribution in [0.15, 0.2) is 12.1 Å². The van der Waals surface area contributed by atoms with Gasteiger partial charge < -0.3 is 24.8 Å². The molecule has 10 heteroatoms. The highest BCUT2D eigenvalue weighted by atomic mass is 16.6. The van der Waals surface area contributed by atoms with Crippen molar-refractivity contribution in [1.82, 2.24) is 10.2 Å². The number of aliphatic carboxylic acids is 1. The number of hydrogen-bond donors (Lipinski definition) is 2. The Morgan fingerprint density at radius 2 is 1.96 bits per heavy atom. The van der Waals surface area contributed by atoms with Gasteiger partial charge in [-0.1, -0.05) is 0 Å². The molecule has 0 aliphatic carbocycles. The summed E-state index contributed by atoms with van der Waals surface area (Å²) >= 11 is 0. The maximum atomic E-state index is 12.2. The molecule has 148 valence electrons. The van der Waals surface area contributed by atoms with Crippen molar-refractivity contribution < 1.29 is 29.1 Å². The van der Waals surface area contributed by atoms with Crippen molar-refractivity contribution in [2.24, 2.45) is 5.41 Å². The van der Waals surface area contributed by atoms with Crippen molar-refractivity contribution in [3.8, 4) is 11.5 Å². The van der Waals surface area contributed by atoms with Gasteiger partial charge in [0.1, 0.15) is 0 Å². The van der Waals surface area contributed by atoms with Crippen LogP contribution in [-0.4, -0.2) is 60.8 Å². The van der Waals surface area contributed by atoms with E-state index in [1.165, 1.54) is 31.3 Å². The largest absolute Gasteiger partial charge is 0.493 e. The standard InChI is InChI=1S/C17H23N3O7/c1-17(15(21)22)5-7-19(10-17)16(23)18-6-4-11-8-13(26-2)14(27-3)9-12(11)20(24)25/h8-9H,4-7,10H2,1-3H3,(H,18,23)(H,21,22). The van der Waals surface area contributed by atoms with Crippen LogP contribution in [0, 0.1) is 15.5 Å². The van der Waals surface area contributed by atoms with Gasteiger partial charge in [-0.05, 0) is 25.8 Å². The quantitative estimate of drug-likeness (QED) is 0.542. The van der Waals surface area contributed by atoms with Crippen molar-refractivity contribution in [2.45, 2.75) is 19.8 Å². The number of carbonyl (C=O) groups is 2. The van der Waals surface area contributed by atoms with Gasteiger partial charge in [-0.3, -0.25) is 14.9 Å². The molecule has 0 saturated carbocycles. The number of ether oxygens (including phenoxy) is 2. The molecule has 0 bridgehead atoms. The number of benzene rings is 1. The van der Waals surface area contributed by atoms with Gasteiger partial charge in [-0.25, -0.2) is 4.79 Å². The Morgan fingerprint density at radius 1 is 1.33 bits per heavy atom.